The third kappa shape index (κ3) is 8.79. The molecule has 1 N–H and O–H groups in total. The number of alkyl carbamates (subject to hydrolysis) is 1. The maximum Gasteiger partial charge on any atom is 0.410 e. The third-order valence-electron chi connectivity index (χ3n) is 4.98. The number of carbonyl (C=O) groups is 3. The molecule has 1 saturated heterocycles. The summed E-state index contributed by atoms with van der Waals surface area (Å²) >= 11 is 0. The van der Waals surface area contributed by atoms with E-state index in [1.807, 2.05) is 30.3 Å². The van der Waals surface area contributed by atoms with Crippen LogP contribution in [0.5, 0.6) is 0 Å². The molecule has 1 heterocycles. The number of hydrogen-bond donors (Lipinski definition) is 1. The number of ketones is 1. The lowest BCUT2D eigenvalue weighted by molar-refractivity contribution is -0.119. The maximum atomic E-state index is 12.9. The number of nitrogens with zero attached hydrogens (tertiary/aromatic N) is 1. The van der Waals surface area contributed by atoms with E-state index in [9.17, 15) is 18.9 Å². The molecule has 0 saturated carbocycles. The van der Waals surface area contributed by atoms with Crippen LogP contribution in [-0.2, 0) is 34.5 Å². The number of rotatable bonds is 10. The molecule has 1 atom stereocenters. The standard InChI is InChI=1S/C22H33N2O8P/c1-22(2,3)32-21(27)24-12-17(13-24)11-18(19(25)15-33(28,29-4)30-5)23-20(26)31-14-16-9-7-6-8-10-16/h6-10,17-18H,11-15H2,1-5H3,(H,23,26). The number of Topliss-reactive ketones (excluding diaryl/α,β-unsaturated/α-hetero) is 1. The van der Waals surface area contributed by atoms with Gasteiger partial charge in [-0.2, -0.15) is 0 Å². The largest absolute Gasteiger partial charge is 0.445 e. The SMILES string of the molecule is COP(=O)(CC(=O)C(CC1CN(C(=O)OC(C)(C)C)C1)NC(=O)OCc1ccccc1)OC. The van der Waals surface area contributed by atoms with E-state index in [-0.39, 0.29) is 18.9 Å². The molecular formula is C22H33N2O8P. The second-order valence-corrected chi connectivity index (χ2v) is 11.1. The molecule has 1 aromatic rings. The first-order valence-corrected chi connectivity index (χ1v) is 12.4. The Labute approximate surface area is 194 Å². The van der Waals surface area contributed by atoms with Crippen molar-refractivity contribution in [3.63, 3.8) is 0 Å². The van der Waals surface area contributed by atoms with Crippen molar-refractivity contribution in [3.8, 4) is 0 Å². The minimum absolute atomic E-state index is 0.0398. The van der Waals surface area contributed by atoms with Gasteiger partial charge in [-0.3, -0.25) is 9.36 Å². The van der Waals surface area contributed by atoms with Crippen molar-refractivity contribution in [1.82, 2.24) is 10.2 Å². The van der Waals surface area contributed by atoms with Crippen LogP contribution in [0.1, 0.15) is 32.8 Å². The smallest absolute Gasteiger partial charge is 0.410 e. The number of carbonyl (C=O) groups excluding carboxylic acids is 3. The number of nitrogens with one attached hydrogen (secondary N) is 1. The van der Waals surface area contributed by atoms with Gasteiger partial charge in [0.05, 0.1) is 6.04 Å². The highest BCUT2D eigenvalue weighted by molar-refractivity contribution is 7.54. The van der Waals surface area contributed by atoms with Crippen molar-refractivity contribution in [2.45, 2.75) is 45.4 Å². The summed E-state index contributed by atoms with van der Waals surface area (Å²) in [6.07, 6.45) is -1.46. The fourth-order valence-corrected chi connectivity index (χ4v) is 4.22. The van der Waals surface area contributed by atoms with Gasteiger partial charge < -0.3 is 28.7 Å². The molecule has 33 heavy (non-hydrogen) atoms. The van der Waals surface area contributed by atoms with Gasteiger partial charge in [-0.1, -0.05) is 30.3 Å². The van der Waals surface area contributed by atoms with Crippen LogP contribution in [0, 0.1) is 5.92 Å². The van der Waals surface area contributed by atoms with E-state index >= 15 is 0 Å². The molecule has 184 valence electrons. The summed E-state index contributed by atoms with van der Waals surface area (Å²) in [6, 6.07) is 8.14. The topological polar surface area (TPSA) is 120 Å². The van der Waals surface area contributed by atoms with Crippen LogP contribution in [0.15, 0.2) is 30.3 Å². The van der Waals surface area contributed by atoms with Crippen LogP contribution in [0.4, 0.5) is 9.59 Å². The van der Waals surface area contributed by atoms with E-state index in [2.05, 4.69) is 5.32 Å². The molecule has 0 radical (unpaired) electrons. The minimum atomic E-state index is -3.61. The zero-order valence-electron chi connectivity index (χ0n) is 19.7. The van der Waals surface area contributed by atoms with Crippen LogP contribution in [-0.4, -0.2) is 68.0 Å². The highest BCUT2D eigenvalue weighted by Gasteiger charge is 2.38. The Kier molecular flexibility index (Phi) is 9.46. The lowest BCUT2D eigenvalue weighted by atomic mass is 9.91. The van der Waals surface area contributed by atoms with Crippen LogP contribution in [0.25, 0.3) is 0 Å². The lowest BCUT2D eigenvalue weighted by Gasteiger charge is -2.41. The van der Waals surface area contributed by atoms with Crippen LogP contribution < -0.4 is 5.32 Å². The Hall–Kier alpha value is -2.42. The third-order valence-corrected chi connectivity index (χ3v) is 6.79. The normalized spacial score (nSPS) is 15.4. The van der Waals surface area contributed by atoms with Crippen molar-refractivity contribution in [2.24, 2.45) is 5.92 Å². The van der Waals surface area contributed by atoms with Crippen molar-refractivity contribution in [3.05, 3.63) is 35.9 Å². The second kappa shape index (κ2) is 11.6. The molecule has 0 aliphatic carbocycles. The quantitative estimate of drug-likeness (QED) is 0.500. The van der Waals surface area contributed by atoms with Crippen molar-refractivity contribution in [2.75, 3.05) is 33.5 Å². The molecular weight excluding hydrogens is 451 g/mol. The number of amides is 2. The molecule has 0 spiro atoms. The summed E-state index contributed by atoms with van der Waals surface area (Å²) in [4.78, 5) is 38.9. The van der Waals surface area contributed by atoms with Crippen molar-refractivity contribution >= 4 is 25.6 Å². The Morgan fingerprint density at radius 1 is 1.12 bits per heavy atom. The molecule has 1 aliphatic heterocycles. The molecule has 1 fully saturated rings. The Bertz CT molecular complexity index is 857. The van der Waals surface area contributed by atoms with Crippen LogP contribution >= 0.6 is 7.60 Å². The molecule has 11 heteroatoms. The van der Waals surface area contributed by atoms with Gasteiger partial charge in [0, 0.05) is 27.3 Å². The first-order valence-electron chi connectivity index (χ1n) is 10.6. The van der Waals surface area contributed by atoms with E-state index in [0.29, 0.717) is 13.1 Å². The van der Waals surface area contributed by atoms with Crippen LogP contribution in [0.2, 0.25) is 0 Å². The van der Waals surface area contributed by atoms with Gasteiger partial charge in [0.2, 0.25) is 0 Å². The van der Waals surface area contributed by atoms with Crippen molar-refractivity contribution < 1.29 is 37.5 Å². The van der Waals surface area contributed by atoms with E-state index in [0.717, 1.165) is 5.56 Å². The molecule has 1 aliphatic rings. The molecule has 2 rings (SSSR count). The van der Waals surface area contributed by atoms with Gasteiger partial charge in [0.15, 0.2) is 5.78 Å². The first-order chi connectivity index (χ1) is 15.4. The molecule has 1 unspecified atom stereocenters. The average molecular weight is 484 g/mol. The first kappa shape index (κ1) is 26.8. The maximum absolute atomic E-state index is 12.9. The zero-order chi connectivity index (χ0) is 24.6. The number of ether oxygens (including phenoxy) is 2. The Balaban J connectivity index is 1.97. The highest BCUT2D eigenvalue weighted by atomic mass is 31.2. The van der Waals surface area contributed by atoms with Gasteiger partial charge in [-0.05, 0) is 38.7 Å². The predicted molar refractivity (Wildman–Crippen MR) is 121 cm³/mol. The molecule has 2 amide bonds. The summed E-state index contributed by atoms with van der Waals surface area (Å²) in [6.45, 7) is 6.15. The number of hydrogen-bond acceptors (Lipinski definition) is 8. The monoisotopic (exact) mass is 484 g/mol. The Morgan fingerprint density at radius 2 is 1.73 bits per heavy atom. The summed E-state index contributed by atoms with van der Waals surface area (Å²) in [5.74, 6) is -0.556. The van der Waals surface area contributed by atoms with Gasteiger partial charge in [0.1, 0.15) is 18.4 Å². The molecule has 0 bridgehead atoms. The predicted octanol–water partition coefficient (Wildman–Crippen LogP) is 3.59. The summed E-state index contributed by atoms with van der Waals surface area (Å²) in [7, 11) is -1.22. The molecule has 10 nitrogen and oxygen atoms in total. The van der Waals surface area contributed by atoms with Gasteiger partial charge in [0.25, 0.3) is 0 Å². The van der Waals surface area contributed by atoms with Crippen LogP contribution in [0.3, 0.4) is 0 Å². The van der Waals surface area contributed by atoms with E-state index < -0.39 is 43.4 Å². The second-order valence-electron chi connectivity index (χ2n) is 8.85. The lowest BCUT2D eigenvalue weighted by Crippen LogP contribution is -2.54. The summed E-state index contributed by atoms with van der Waals surface area (Å²) < 4.78 is 32.7. The summed E-state index contributed by atoms with van der Waals surface area (Å²) in [5.41, 5.74) is 0.192. The Morgan fingerprint density at radius 3 is 2.27 bits per heavy atom. The number of benzene rings is 1. The average Bonchev–Trinajstić information content (AvgIpc) is 2.72. The van der Waals surface area contributed by atoms with E-state index in [1.165, 1.54) is 19.1 Å². The van der Waals surface area contributed by atoms with Crippen molar-refractivity contribution in [1.29, 1.82) is 0 Å². The van der Waals surface area contributed by atoms with E-state index in [4.69, 9.17) is 18.5 Å². The molecule has 0 aromatic heterocycles. The van der Waals surface area contributed by atoms with Gasteiger partial charge in [-0.25, -0.2) is 9.59 Å². The fourth-order valence-electron chi connectivity index (χ4n) is 3.21. The van der Waals surface area contributed by atoms with Gasteiger partial charge in [-0.15, -0.1) is 0 Å². The highest BCUT2D eigenvalue weighted by Crippen LogP contribution is 2.46. The fraction of sp³-hybridized carbons (Fsp3) is 0.591. The summed E-state index contributed by atoms with van der Waals surface area (Å²) in [5, 5.41) is 2.56. The minimum Gasteiger partial charge on any atom is -0.445 e. The van der Waals surface area contributed by atoms with E-state index in [1.54, 1.807) is 20.8 Å². The zero-order valence-corrected chi connectivity index (χ0v) is 20.6. The molecule has 1 aromatic carbocycles. The van der Waals surface area contributed by atoms with Gasteiger partial charge >= 0.3 is 19.8 Å². The number of likely N-dealkylation sites (tertiary alicyclic amines) is 1.